The van der Waals surface area contributed by atoms with Gasteiger partial charge in [-0.3, -0.25) is 9.78 Å². The Morgan fingerprint density at radius 1 is 1.22 bits per heavy atom. The molecule has 0 aliphatic carbocycles. The normalized spacial score (nSPS) is 26.4. The molecule has 1 aromatic rings. The summed E-state index contributed by atoms with van der Waals surface area (Å²) in [6, 6.07) is 0.0124. The number of rotatable bonds is 2. The smallest absolute Gasteiger partial charge is 0.274 e. The van der Waals surface area contributed by atoms with Gasteiger partial charge in [0.15, 0.2) is 0 Å². The number of piperidine rings is 1. The third kappa shape index (κ3) is 3.53. The zero-order valence-corrected chi connectivity index (χ0v) is 14.1. The maximum Gasteiger partial charge on any atom is 0.274 e. The van der Waals surface area contributed by atoms with Crippen LogP contribution in [0, 0.1) is 5.92 Å². The minimum atomic E-state index is -3.20. The summed E-state index contributed by atoms with van der Waals surface area (Å²) in [5, 5.41) is 0. The van der Waals surface area contributed by atoms with Gasteiger partial charge in [-0.15, -0.1) is 0 Å². The largest absolute Gasteiger partial charge is 0.337 e. The van der Waals surface area contributed by atoms with Crippen LogP contribution < -0.4 is 0 Å². The maximum absolute atomic E-state index is 12.5. The lowest BCUT2D eigenvalue weighted by atomic mass is 9.89. The van der Waals surface area contributed by atoms with Gasteiger partial charge in [0.2, 0.25) is 10.0 Å². The number of sulfonamides is 1. The van der Waals surface area contributed by atoms with Gasteiger partial charge in [0.05, 0.1) is 12.5 Å². The molecule has 2 aliphatic heterocycles. The van der Waals surface area contributed by atoms with Gasteiger partial charge in [0, 0.05) is 38.1 Å². The van der Waals surface area contributed by atoms with Crippen molar-refractivity contribution in [2.24, 2.45) is 5.92 Å². The van der Waals surface area contributed by atoms with Crippen molar-refractivity contribution < 1.29 is 13.2 Å². The molecule has 2 fully saturated rings. The van der Waals surface area contributed by atoms with Crippen LogP contribution in [-0.4, -0.2) is 65.4 Å². The summed E-state index contributed by atoms with van der Waals surface area (Å²) >= 11 is 0. The first-order valence-electron chi connectivity index (χ1n) is 7.99. The number of fused-ring (bicyclic) bond motifs is 1. The van der Waals surface area contributed by atoms with Crippen LogP contribution in [0.2, 0.25) is 0 Å². The number of likely N-dealkylation sites (tertiary alicyclic amines) is 1. The molecule has 0 spiro atoms. The molecule has 2 aliphatic rings. The molecule has 1 aromatic heterocycles. The van der Waals surface area contributed by atoms with Crippen molar-refractivity contribution >= 4 is 15.9 Å². The Labute approximate surface area is 136 Å². The molecule has 8 heteroatoms. The SMILES string of the molecule is CS(=O)(=O)N1CCCC[C@H]2CN(C(=O)c3cnccn3)CC[C@H]21. The summed E-state index contributed by atoms with van der Waals surface area (Å²) < 4.78 is 25.8. The van der Waals surface area contributed by atoms with Crippen molar-refractivity contribution in [3.8, 4) is 0 Å². The van der Waals surface area contributed by atoms with E-state index in [-0.39, 0.29) is 17.9 Å². The van der Waals surface area contributed by atoms with Gasteiger partial charge in [-0.25, -0.2) is 13.4 Å². The Hall–Kier alpha value is -1.54. The van der Waals surface area contributed by atoms with Crippen molar-refractivity contribution in [3.63, 3.8) is 0 Å². The van der Waals surface area contributed by atoms with Gasteiger partial charge in [0.1, 0.15) is 5.69 Å². The fourth-order valence-electron chi connectivity index (χ4n) is 3.69. The third-order valence-electron chi connectivity index (χ3n) is 4.76. The van der Waals surface area contributed by atoms with E-state index in [1.807, 2.05) is 0 Å². The predicted molar refractivity (Wildman–Crippen MR) is 85.2 cm³/mol. The minimum absolute atomic E-state index is 0.0124. The molecule has 0 unspecified atom stereocenters. The summed E-state index contributed by atoms with van der Waals surface area (Å²) in [4.78, 5) is 22.3. The van der Waals surface area contributed by atoms with Gasteiger partial charge in [-0.2, -0.15) is 4.31 Å². The van der Waals surface area contributed by atoms with Crippen LogP contribution in [0.4, 0.5) is 0 Å². The Kier molecular flexibility index (Phi) is 4.63. The molecule has 0 N–H and O–H groups in total. The summed E-state index contributed by atoms with van der Waals surface area (Å²) in [6.45, 7) is 1.74. The van der Waals surface area contributed by atoms with Crippen molar-refractivity contribution in [2.75, 3.05) is 25.9 Å². The fourth-order valence-corrected chi connectivity index (χ4v) is 4.92. The molecule has 3 heterocycles. The van der Waals surface area contributed by atoms with Gasteiger partial charge in [-0.05, 0) is 25.2 Å². The van der Waals surface area contributed by atoms with Crippen LogP contribution in [0.25, 0.3) is 0 Å². The molecule has 2 saturated heterocycles. The molecule has 7 nitrogen and oxygen atoms in total. The summed E-state index contributed by atoms with van der Waals surface area (Å²) in [5.74, 6) is 0.0771. The molecule has 0 bridgehead atoms. The molecule has 3 rings (SSSR count). The first-order chi connectivity index (χ1) is 11.0. The lowest BCUT2D eigenvalue weighted by molar-refractivity contribution is 0.0570. The van der Waals surface area contributed by atoms with E-state index in [4.69, 9.17) is 0 Å². The van der Waals surface area contributed by atoms with Crippen LogP contribution in [-0.2, 0) is 10.0 Å². The Morgan fingerprint density at radius 3 is 2.74 bits per heavy atom. The van der Waals surface area contributed by atoms with E-state index < -0.39 is 10.0 Å². The van der Waals surface area contributed by atoms with E-state index in [1.54, 1.807) is 9.21 Å². The van der Waals surface area contributed by atoms with Crippen LogP contribution in [0.1, 0.15) is 36.2 Å². The highest BCUT2D eigenvalue weighted by Crippen LogP contribution is 2.31. The van der Waals surface area contributed by atoms with Gasteiger partial charge in [-0.1, -0.05) is 6.42 Å². The lowest BCUT2D eigenvalue weighted by Crippen LogP contribution is -2.53. The van der Waals surface area contributed by atoms with Crippen molar-refractivity contribution in [1.82, 2.24) is 19.2 Å². The highest BCUT2D eigenvalue weighted by molar-refractivity contribution is 7.88. The molecule has 126 valence electrons. The van der Waals surface area contributed by atoms with Crippen molar-refractivity contribution in [3.05, 3.63) is 24.3 Å². The lowest BCUT2D eigenvalue weighted by Gasteiger charge is -2.41. The molecule has 1 amide bonds. The standard InChI is InChI=1S/C15H22N4O3S/c1-23(21,22)19-8-3-2-4-12-11-18(9-5-14(12)19)15(20)13-10-16-6-7-17-13/h6-7,10,12,14H,2-5,8-9,11H2,1H3/t12-,14+/m0/s1. The third-order valence-corrected chi connectivity index (χ3v) is 6.07. The van der Waals surface area contributed by atoms with E-state index in [0.717, 1.165) is 19.3 Å². The summed E-state index contributed by atoms with van der Waals surface area (Å²) in [6.07, 6.45) is 9.34. The van der Waals surface area contributed by atoms with Crippen LogP contribution in [0.5, 0.6) is 0 Å². The van der Waals surface area contributed by atoms with E-state index in [2.05, 4.69) is 9.97 Å². The molecular formula is C15H22N4O3S. The van der Waals surface area contributed by atoms with E-state index >= 15 is 0 Å². The molecular weight excluding hydrogens is 316 g/mol. The number of amides is 1. The minimum Gasteiger partial charge on any atom is -0.337 e. The number of nitrogens with zero attached hydrogens (tertiary/aromatic N) is 4. The van der Waals surface area contributed by atoms with E-state index in [9.17, 15) is 13.2 Å². The Balaban J connectivity index is 1.76. The topological polar surface area (TPSA) is 83.5 Å². The number of hydrogen-bond acceptors (Lipinski definition) is 5. The average Bonchev–Trinajstić information content (AvgIpc) is 2.76. The quantitative estimate of drug-likeness (QED) is 0.795. The second-order valence-corrected chi connectivity index (χ2v) is 8.26. The van der Waals surface area contributed by atoms with Crippen molar-refractivity contribution in [2.45, 2.75) is 31.7 Å². The van der Waals surface area contributed by atoms with Gasteiger partial charge >= 0.3 is 0 Å². The number of carbonyl (C=O) groups excluding carboxylic acids is 1. The molecule has 0 radical (unpaired) electrons. The van der Waals surface area contributed by atoms with Gasteiger partial charge < -0.3 is 4.90 Å². The average molecular weight is 338 g/mol. The predicted octanol–water partition coefficient (Wildman–Crippen LogP) is 0.753. The van der Waals surface area contributed by atoms with E-state index in [0.29, 0.717) is 31.7 Å². The zero-order valence-electron chi connectivity index (χ0n) is 13.3. The van der Waals surface area contributed by atoms with Crippen LogP contribution in [0.15, 0.2) is 18.6 Å². The molecule has 0 aromatic carbocycles. The highest BCUT2D eigenvalue weighted by atomic mass is 32.2. The van der Waals surface area contributed by atoms with Gasteiger partial charge in [0.25, 0.3) is 5.91 Å². The fraction of sp³-hybridized carbons (Fsp3) is 0.667. The van der Waals surface area contributed by atoms with E-state index in [1.165, 1.54) is 24.8 Å². The molecule has 23 heavy (non-hydrogen) atoms. The number of carbonyl (C=O) groups is 1. The van der Waals surface area contributed by atoms with Crippen LogP contribution >= 0.6 is 0 Å². The Morgan fingerprint density at radius 2 is 2.04 bits per heavy atom. The monoisotopic (exact) mass is 338 g/mol. The number of aromatic nitrogens is 2. The first kappa shape index (κ1) is 16.3. The Bertz CT molecular complexity index is 665. The zero-order chi connectivity index (χ0) is 16.4. The number of hydrogen-bond donors (Lipinski definition) is 0. The van der Waals surface area contributed by atoms with Crippen molar-refractivity contribution in [1.29, 1.82) is 0 Å². The second-order valence-electron chi connectivity index (χ2n) is 6.33. The maximum atomic E-state index is 12.5. The molecule has 0 saturated carbocycles. The second kappa shape index (κ2) is 6.52. The first-order valence-corrected chi connectivity index (χ1v) is 9.84. The summed E-state index contributed by atoms with van der Waals surface area (Å²) in [7, 11) is -3.20. The van der Waals surface area contributed by atoms with Crippen LogP contribution in [0.3, 0.4) is 0 Å². The summed E-state index contributed by atoms with van der Waals surface area (Å²) in [5.41, 5.74) is 0.347. The highest BCUT2D eigenvalue weighted by Gasteiger charge is 2.39. The molecule has 2 atom stereocenters.